The van der Waals surface area contributed by atoms with E-state index in [1.807, 2.05) is 0 Å². The van der Waals surface area contributed by atoms with E-state index in [4.69, 9.17) is 5.73 Å². The molecule has 3 heteroatoms. The molecule has 2 N–H and O–H groups in total. The summed E-state index contributed by atoms with van der Waals surface area (Å²) in [6, 6.07) is 8.90. The summed E-state index contributed by atoms with van der Waals surface area (Å²) in [5.41, 5.74) is 9.31. The minimum Gasteiger partial charge on any atom is -0.363 e. The standard InChI is InChI=1S/C16H24N2S/c1-12-7-14-5-3-4-6-15(14)18(9-12)16(10-17)8-13(2)19-11-16/h3-6,12-13H,7-11,17H2,1-2H3. The first-order valence-electron chi connectivity index (χ1n) is 7.32. The van der Waals surface area contributed by atoms with Gasteiger partial charge in [-0.05, 0) is 30.4 Å². The number of fused-ring (bicyclic) bond motifs is 1. The maximum atomic E-state index is 6.21. The van der Waals surface area contributed by atoms with Crippen molar-refractivity contribution in [2.45, 2.75) is 37.5 Å². The Morgan fingerprint density at radius 1 is 1.37 bits per heavy atom. The zero-order valence-corrected chi connectivity index (χ0v) is 12.7. The highest BCUT2D eigenvalue weighted by Gasteiger charge is 2.44. The lowest BCUT2D eigenvalue weighted by atomic mass is 9.86. The van der Waals surface area contributed by atoms with Crippen molar-refractivity contribution < 1.29 is 0 Å². The quantitative estimate of drug-likeness (QED) is 0.900. The SMILES string of the molecule is CC1Cc2ccccc2N(C2(CN)CSC(C)C2)C1. The maximum Gasteiger partial charge on any atom is 0.0624 e. The van der Waals surface area contributed by atoms with Crippen molar-refractivity contribution >= 4 is 17.4 Å². The molecule has 0 amide bonds. The highest BCUT2D eigenvalue weighted by molar-refractivity contribution is 8.00. The van der Waals surface area contributed by atoms with Crippen LogP contribution in [0.5, 0.6) is 0 Å². The van der Waals surface area contributed by atoms with Gasteiger partial charge in [-0.2, -0.15) is 11.8 Å². The van der Waals surface area contributed by atoms with Gasteiger partial charge in [0.25, 0.3) is 0 Å². The van der Waals surface area contributed by atoms with Gasteiger partial charge in [-0.1, -0.05) is 32.0 Å². The van der Waals surface area contributed by atoms with Crippen molar-refractivity contribution in [3.8, 4) is 0 Å². The molecule has 1 fully saturated rings. The fraction of sp³-hybridized carbons (Fsp3) is 0.625. The molecule has 2 heterocycles. The Balaban J connectivity index is 2.00. The molecule has 19 heavy (non-hydrogen) atoms. The Labute approximate surface area is 120 Å². The first-order chi connectivity index (χ1) is 9.14. The van der Waals surface area contributed by atoms with Gasteiger partial charge >= 0.3 is 0 Å². The molecule has 3 atom stereocenters. The third kappa shape index (κ3) is 2.27. The van der Waals surface area contributed by atoms with E-state index in [9.17, 15) is 0 Å². The highest BCUT2D eigenvalue weighted by Crippen LogP contribution is 2.43. The number of hydrogen-bond donors (Lipinski definition) is 1. The van der Waals surface area contributed by atoms with Crippen LogP contribution in [0.2, 0.25) is 0 Å². The van der Waals surface area contributed by atoms with E-state index in [2.05, 4.69) is 54.8 Å². The zero-order valence-electron chi connectivity index (χ0n) is 11.9. The number of para-hydroxylation sites is 1. The van der Waals surface area contributed by atoms with Crippen LogP contribution in [0.25, 0.3) is 0 Å². The second-order valence-electron chi connectivity index (χ2n) is 6.30. The van der Waals surface area contributed by atoms with Gasteiger partial charge in [0, 0.05) is 29.8 Å². The topological polar surface area (TPSA) is 29.3 Å². The van der Waals surface area contributed by atoms with Gasteiger partial charge in [0.1, 0.15) is 0 Å². The van der Waals surface area contributed by atoms with E-state index >= 15 is 0 Å². The average molecular weight is 276 g/mol. The van der Waals surface area contributed by atoms with Gasteiger partial charge in [-0.15, -0.1) is 0 Å². The summed E-state index contributed by atoms with van der Waals surface area (Å²) in [6.07, 6.45) is 2.42. The molecular formula is C16H24N2S. The normalized spacial score (nSPS) is 34.4. The number of rotatable bonds is 2. The van der Waals surface area contributed by atoms with Crippen molar-refractivity contribution in [1.29, 1.82) is 0 Å². The van der Waals surface area contributed by atoms with E-state index in [1.54, 1.807) is 0 Å². The van der Waals surface area contributed by atoms with E-state index in [-0.39, 0.29) is 5.54 Å². The lowest BCUT2D eigenvalue weighted by Gasteiger charge is -2.47. The van der Waals surface area contributed by atoms with Gasteiger partial charge in [0.2, 0.25) is 0 Å². The molecule has 0 aromatic heterocycles. The molecule has 2 nitrogen and oxygen atoms in total. The Morgan fingerprint density at radius 2 is 2.16 bits per heavy atom. The average Bonchev–Trinajstić information content (AvgIpc) is 2.80. The molecule has 2 aliphatic rings. The van der Waals surface area contributed by atoms with Gasteiger partial charge in [-0.3, -0.25) is 0 Å². The molecule has 3 unspecified atom stereocenters. The Kier molecular flexibility index (Phi) is 3.52. The molecule has 2 aliphatic heterocycles. The molecule has 104 valence electrons. The van der Waals surface area contributed by atoms with Crippen LogP contribution < -0.4 is 10.6 Å². The van der Waals surface area contributed by atoms with E-state index in [0.29, 0.717) is 0 Å². The molecule has 0 bridgehead atoms. The van der Waals surface area contributed by atoms with E-state index in [0.717, 1.165) is 24.3 Å². The van der Waals surface area contributed by atoms with Crippen molar-refractivity contribution in [2.75, 3.05) is 23.7 Å². The van der Waals surface area contributed by atoms with E-state index in [1.165, 1.54) is 29.8 Å². The van der Waals surface area contributed by atoms with Crippen LogP contribution in [0.4, 0.5) is 5.69 Å². The summed E-state index contributed by atoms with van der Waals surface area (Å²) in [5.74, 6) is 1.89. The Bertz CT molecular complexity index is 462. The predicted molar refractivity (Wildman–Crippen MR) is 85.0 cm³/mol. The van der Waals surface area contributed by atoms with Crippen LogP contribution in [0, 0.1) is 5.92 Å². The number of nitrogens with two attached hydrogens (primary N) is 1. The predicted octanol–water partition coefficient (Wildman–Crippen LogP) is 2.91. The lowest BCUT2D eigenvalue weighted by molar-refractivity contribution is 0.381. The van der Waals surface area contributed by atoms with Crippen LogP contribution in [0.3, 0.4) is 0 Å². The van der Waals surface area contributed by atoms with Crippen molar-refractivity contribution in [3.05, 3.63) is 29.8 Å². The molecule has 1 aromatic carbocycles. The lowest BCUT2D eigenvalue weighted by Crippen LogP contribution is -2.57. The molecule has 3 rings (SSSR count). The van der Waals surface area contributed by atoms with E-state index < -0.39 is 0 Å². The first-order valence-corrected chi connectivity index (χ1v) is 8.37. The molecule has 0 saturated carbocycles. The monoisotopic (exact) mass is 276 g/mol. The molecule has 1 aromatic rings. The van der Waals surface area contributed by atoms with Gasteiger partial charge < -0.3 is 10.6 Å². The third-order valence-corrected chi connectivity index (χ3v) is 6.04. The Hall–Kier alpha value is -0.670. The third-order valence-electron chi connectivity index (χ3n) is 4.60. The smallest absolute Gasteiger partial charge is 0.0624 e. The molecule has 0 radical (unpaired) electrons. The summed E-state index contributed by atoms with van der Waals surface area (Å²) >= 11 is 2.08. The number of hydrogen-bond acceptors (Lipinski definition) is 3. The second-order valence-corrected chi connectivity index (χ2v) is 7.73. The Morgan fingerprint density at radius 3 is 2.84 bits per heavy atom. The minimum atomic E-state index is 0.175. The number of benzene rings is 1. The highest BCUT2D eigenvalue weighted by atomic mass is 32.2. The van der Waals surface area contributed by atoms with Crippen molar-refractivity contribution in [3.63, 3.8) is 0 Å². The second kappa shape index (κ2) is 5.02. The van der Waals surface area contributed by atoms with Crippen molar-refractivity contribution in [1.82, 2.24) is 0 Å². The molecule has 0 spiro atoms. The maximum absolute atomic E-state index is 6.21. The van der Waals surface area contributed by atoms with Gasteiger partial charge in [0.05, 0.1) is 5.54 Å². The fourth-order valence-corrected chi connectivity index (χ4v) is 5.05. The summed E-state index contributed by atoms with van der Waals surface area (Å²) < 4.78 is 0. The first kappa shape index (κ1) is 13.3. The van der Waals surface area contributed by atoms with Crippen molar-refractivity contribution in [2.24, 2.45) is 11.7 Å². The summed E-state index contributed by atoms with van der Waals surface area (Å²) in [7, 11) is 0. The summed E-state index contributed by atoms with van der Waals surface area (Å²) in [6.45, 7) is 6.62. The molecule has 0 aliphatic carbocycles. The van der Waals surface area contributed by atoms with Crippen LogP contribution >= 0.6 is 11.8 Å². The molecule has 1 saturated heterocycles. The minimum absolute atomic E-state index is 0.175. The van der Waals surface area contributed by atoms with Gasteiger partial charge in [0.15, 0.2) is 0 Å². The number of nitrogens with zero attached hydrogens (tertiary/aromatic N) is 1. The molecular weight excluding hydrogens is 252 g/mol. The summed E-state index contributed by atoms with van der Waals surface area (Å²) in [5, 5.41) is 0.730. The van der Waals surface area contributed by atoms with Crippen LogP contribution in [-0.4, -0.2) is 29.6 Å². The van der Waals surface area contributed by atoms with Crippen LogP contribution in [-0.2, 0) is 6.42 Å². The zero-order chi connectivity index (χ0) is 13.5. The van der Waals surface area contributed by atoms with Crippen LogP contribution in [0.15, 0.2) is 24.3 Å². The number of thioether (sulfide) groups is 1. The number of anilines is 1. The fourth-order valence-electron chi connectivity index (χ4n) is 3.64. The summed E-state index contributed by atoms with van der Waals surface area (Å²) in [4.78, 5) is 2.63. The largest absolute Gasteiger partial charge is 0.363 e. The van der Waals surface area contributed by atoms with Crippen LogP contribution in [0.1, 0.15) is 25.8 Å². The van der Waals surface area contributed by atoms with Gasteiger partial charge in [-0.25, -0.2) is 0 Å².